The van der Waals surface area contributed by atoms with Crippen molar-refractivity contribution < 1.29 is 4.79 Å². The zero-order valence-corrected chi connectivity index (χ0v) is 11.0. The van der Waals surface area contributed by atoms with Crippen molar-refractivity contribution in [3.63, 3.8) is 0 Å². The quantitative estimate of drug-likeness (QED) is 0.790. The zero-order valence-electron chi connectivity index (χ0n) is 11.0. The molecule has 2 aliphatic rings. The van der Waals surface area contributed by atoms with E-state index in [0.29, 0.717) is 5.92 Å². The maximum Gasteiger partial charge on any atom is 0.223 e. The van der Waals surface area contributed by atoms with Crippen molar-refractivity contribution in [2.75, 3.05) is 6.54 Å². The minimum absolute atomic E-state index is 0.186. The van der Waals surface area contributed by atoms with Crippen LogP contribution in [0.2, 0.25) is 0 Å². The van der Waals surface area contributed by atoms with Gasteiger partial charge in [-0.25, -0.2) is 0 Å². The van der Waals surface area contributed by atoms with Gasteiger partial charge in [0.25, 0.3) is 0 Å². The molecular formula is C14H26N2O. The number of nitrogens with two attached hydrogens (primary N) is 1. The van der Waals surface area contributed by atoms with Crippen LogP contribution >= 0.6 is 0 Å². The maximum absolute atomic E-state index is 11.9. The van der Waals surface area contributed by atoms with Gasteiger partial charge in [-0.2, -0.15) is 0 Å². The molecule has 0 spiro atoms. The fourth-order valence-corrected chi connectivity index (χ4v) is 3.39. The molecule has 4 unspecified atom stereocenters. The highest BCUT2D eigenvalue weighted by Crippen LogP contribution is 2.28. The van der Waals surface area contributed by atoms with Crippen LogP contribution in [-0.4, -0.2) is 18.5 Å². The minimum atomic E-state index is 0.186. The molecule has 0 aliphatic heterocycles. The monoisotopic (exact) mass is 238 g/mol. The van der Waals surface area contributed by atoms with E-state index in [-0.39, 0.29) is 17.9 Å². The second-order valence-electron chi connectivity index (χ2n) is 6.15. The van der Waals surface area contributed by atoms with E-state index in [0.717, 1.165) is 31.7 Å². The van der Waals surface area contributed by atoms with Crippen molar-refractivity contribution in [1.29, 1.82) is 0 Å². The molecule has 3 heteroatoms. The molecule has 0 heterocycles. The van der Waals surface area contributed by atoms with Gasteiger partial charge in [-0.3, -0.25) is 4.79 Å². The average Bonchev–Trinajstić information content (AvgIpc) is 2.73. The highest BCUT2D eigenvalue weighted by Gasteiger charge is 2.28. The Morgan fingerprint density at radius 3 is 2.71 bits per heavy atom. The molecule has 2 fully saturated rings. The van der Waals surface area contributed by atoms with Crippen LogP contribution in [0.3, 0.4) is 0 Å². The van der Waals surface area contributed by atoms with E-state index in [1.165, 1.54) is 25.7 Å². The van der Waals surface area contributed by atoms with Gasteiger partial charge < -0.3 is 11.1 Å². The molecular weight excluding hydrogens is 212 g/mol. The fraction of sp³-hybridized carbons (Fsp3) is 0.929. The fourth-order valence-electron chi connectivity index (χ4n) is 3.39. The summed E-state index contributed by atoms with van der Waals surface area (Å²) in [5.41, 5.74) is 5.84. The summed E-state index contributed by atoms with van der Waals surface area (Å²) in [4.78, 5) is 11.9. The molecule has 2 rings (SSSR count). The molecule has 4 atom stereocenters. The molecule has 3 N–H and O–H groups in total. The van der Waals surface area contributed by atoms with Crippen LogP contribution < -0.4 is 11.1 Å². The summed E-state index contributed by atoms with van der Waals surface area (Å²) in [7, 11) is 0. The highest BCUT2D eigenvalue weighted by molar-refractivity contribution is 5.78. The second-order valence-corrected chi connectivity index (χ2v) is 6.15. The second kappa shape index (κ2) is 5.85. The molecule has 2 aliphatic carbocycles. The SMILES string of the molecule is CC1CCCC(CNC(=O)C2CCC(N)C2)C1. The normalized spacial score (nSPS) is 38.0. The van der Waals surface area contributed by atoms with Crippen LogP contribution in [0.1, 0.15) is 51.9 Å². The van der Waals surface area contributed by atoms with Crippen molar-refractivity contribution >= 4 is 5.91 Å². The Morgan fingerprint density at radius 2 is 2.06 bits per heavy atom. The van der Waals surface area contributed by atoms with Crippen LogP contribution in [0.5, 0.6) is 0 Å². The van der Waals surface area contributed by atoms with Crippen LogP contribution in [-0.2, 0) is 4.79 Å². The van der Waals surface area contributed by atoms with E-state index in [2.05, 4.69) is 12.2 Å². The predicted molar refractivity (Wildman–Crippen MR) is 69.4 cm³/mol. The topological polar surface area (TPSA) is 55.1 Å². The van der Waals surface area contributed by atoms with Crippen LogP contribution in [0.4, 0.5) is 0 Å². The number of hydrogen-bond acceptors (Lipinski definition) is 2. The third-order valence-corrected chi connectivity index (χ3v) is 4.45. The third kappa shape index (κ3) is 3.70. The zero-order chi connectivity index (χ0) is 12.3. The molecule has 1 amide bonds. The lowest BCUT2D eigenvalue weighted by Gasteiger charge is -2.27. The summed E-state index contributed by atoms with van der Waals surface area (Å²) in [6, 6.07) is 0.250. The van der Waals surface area contributed by atoms with E-state index in [1.54, 1.807) is 0 Å². The molecule has 2 saturated carbocycles. The molecule has 17 heavy (non-hydrogen) atoms. The van der Waals surface area contributed by atoms with E-state index < -0.39 is 0 Å². The molecule has 0 radical (unpaired) electrons. The smallest absolute Gasteiger partial charge is 0.223 e. The first kappa shape index (κ1) is 12.9. The molecule has 0 saturated heterocycles. The maximum atomic E-state index is 11.9. The molecule has 0 aromatic heterocycles. The van der Waals surface area contributed by atoms with Crippen LogP contribution in [0, 0.1) is 17.8 Å². The van der Waals surface area contributed by atoms with Gasteiger partial charge in [0.1, 0.15) is 0 Å². The van der Waals surface area contributed by atoms with Gasteiger partial charge in [0.2, 0.25) is 5.91 Å². The highest BCUT2D eigenvalue weighted by atomic mass is 16.1. The lowest BCUT2D eigenvalue weighted by molar-refractivity contribution is -0.125. The summed E-state index contributed by atoms with van der Waals surface area (Å²) >= 11 is 0. The third-order valence-electron chi connectivity index (χ3n) is 4.45. The van der Waals surface area contributed by atoms with E-state index in [1.807, 2.05) is 0 Å². The Kier molecular flexibility index (Phi) is 4.43. The Labute approximate surface area is 105 Å². The van der Waals surface area contributed by atoms with E-state index >= 15 is 0 Å². The minimum Gasteiger partial charge on any atom is -0.356 e. The predicted octanol–water partition coefficient (Wildman–Crippen LogP) is 2.06. The van der Waals surface area contributed by atoms with Gasteiger partial charge in [0.05, 0.1) is 0 Å². The average molecular weight is 238 g/mol. The first-order chi connectivity index (χ1) is 8.15. The largest absolute Gasteiger partial charge is 0.356 e. The summed E-state index contributed by atoms with van der Waals surface area (Å²) in [6.45, 7) is 3.21. The summed E-state index contributed by atoms with van der Waals surface area (Å²) in [6.07, 6.45) is 8.14. The Morgan fingerprint density at radius 1 is 1.24 bits per heavy atom. The van der Waals surface area contributed by atoms with E-state index in [9.17, 15) is 4.79 Å². The lowest BCUT2D eigenvalue weighted by Crippen LogP contribution is -2.35. The van der Waals surface area contributed by atoms with Crippen molar-refractivity contribution in [3.05, 3.63) is 0 Å². The Hall–Kier alpha value is -0.570. The van der Waals surface area contributed by atoms with Crippen LogP contribution in [0.15, 0.2) is 0 Å². The first-order valence-corrected chi connectivity index (χ1v) is 7.18. The molecule has 0 bridgehead atoms. The number of carbonyl (C=O) groups is 1. The summed E-state index contributed by atoms with van der Waals surface area (Å²) < 4.78 is 0. The number of rotatable bonds is 3. The number of amides is 1. The molecule has 0 aromatic carbocycles. The lowest BCUT2D eigenvalue weighted by atomic mass is 9.82. The summed E-state index contributed by atoms with van der Waals surface area (Å²) in [5, 5.41) is 3.14. The Bertz CT molecular complexity index is 267. The van der Waals surface area contributed by atoms with Gasteiger partial charge >= 0.3 is 0 Å². The van der Waals surface area contributed by atoms with Crippen molar-refractivity contribution in [2.45, 2.75) is 57.9 Å². The number of nitrogens with one attached hydrogen (secondary N) is 1. The van der Waals surface area contributed by atoms with Gasteiger partial charge in [0.15, 0.2) is 0 Å². The number of hydrogen-bond donors (Lipinski definition) is 2. The van der Waals surface area contributed by atoms with Crippen molar-refractivity contribution in [1.82, 2.24) is 5.32 Å². The standard InChI is InChI=1S/C14H26N2O/c1-10-3-2-4-11(7-10)9-16-14(17)12-5-6-13(15)8-12/h10-13H,2-9,15H2,1H3,(H,16,17). The first-order valence-electron chi connectivity index (χ1n) is 7.18. The summed E-state index contributed by atoms with van der Waals surface area (Å²) in [5.74, 6) is 1.98. The van der Waals surface area contributed by atoms with Gasteiger partial charge in [-0.15, -0.1) is 0 Å². The van der Waals surface area contributed by atoms with Crippen molar-refractivity contribution in [2.24, 2.45) is 23.5 Å². The molecule has 3 nitrogen and oxygen atoms in total. The van der Waals surface area contributed by atoms with Crippen LogP contribution in [0.25, 0.3) is 0 Å². The van der Waals surface area contributed by atoms with Gasteiger partial charge in [0, 0.05) is 18.5 Å². The van der Waals surface area contributed by atoms with Gasteiger partial charge in [-0.1, -0.05) is 19.8 Å². The van der Waals surface area contributed by atoms with Crippen molar-refractivity contribution in [3.8, 4) is 0 Å². The Balaban J connectivity index is 1.69. The molecule has 0 aromatic rings. The molecule has 98 valence electrons. The van der Waals surface area contributed by atoms with E-state index in [4.69, 9.17) is 5.73 Å². The number of carbonyl (C=O) groups excluding carboxylic acids is 1. The van der Waals surface area contributed by atoms with Gasteiger partial charge in [-0.05, 0) is 43.9 Å².